The molecule has 11 heavy (non-hydrogen) atoms. The van der Waals surface area contributed by atoms with Crippen LogP contribution in [0.3, 0.4) is 0 Å². The van der Waals surface area contributed by atoms with Crippen molar-refractivity contribution >= 4 is 17.1 Å². The number of hydrogen-bond donors (Lipinski definition) is 0. The monoisotopic (exact) mass is 168 g/mol. The summed E-state index contributed by atoms with van der Waals surface area (Å²) in [7, 11) is 8.79. The van der Waals surface area contributed by atoms with Crippen LogP contribution in [0, 0.1) is 11.8 Å². The molecule has 1 aliphatic carbocycles. The van der Waals surface area contributed by atoms with Crippen LogP contribution in [-0.2, 0) is 0 Å². The summed E-state index contributed by atoms with van der Waals surface area (Å²) in [6.45, 7) is 4.63. The fraction of sp³-hybridized carbons (Fsp3) is 1.00. The summed E-state index contributed by atoms with van der Waals surface area (Å²) in [4.78, 5) is 0. The lowest BCUT2D eigenvalue weighted by atomic mass is 9.68. The minimum Gasteiger partial charge on any atom is -0.140 e. The average Bonchev–Trinajstić information content (AvgIpc) is 1.86. The van der Waals surface area contributed by atoms with Crippen molar-refractivity contribution in [3.63, 3.8) is 0 Å². The van der Waals surface area contributed by atoms with E-state index in [0.29, 0.717) is 0 Å². The fourth-order valence-corrected chi connectivity index (χ4v) is 2.18. The van der Waals surface area contributed by atoms with Gasteiger partial charge in [0, 0.05) is 0 Å². The van der Waals surface area contributed by atoms with Crippen molar-refractivity contribution in [3.05, 3.63) is 0 Å². The maximum atomic E-state index is 6.00. The second-order valence-corrected chi connectivity index (χ2v) is 5.46. The summed E-state index contributed by atoms with van der Waals surface area (Å²) in [5.74, 6) is 1.77. The van der Waals surface area contributed by atoms with Gasteiger partial charge in [-0.15, -0.1) is 9.24 Å². The highest BCUT2D eigenvalue weighted by atomic mass is 31.0. The molecule has 1 atom stereocenters. The Labute approximate surface area is 74.1 Å². The van der Waals surface area contributed by atoms with Crippen molar-refractivity contribution in [2.45, 2.75) is 44.6 Å². The van der Waals surface area contributed by atoms with Gasteiger partial charge in [0.05, 0.1) is 7.85 Å². The summed E-state index contributed by atoms with van der Waals surface area (Å²) in [6.07, 6.45) is 5.00. The van der Waals surface area contributed by atoms with Gasteiger partial charge < -0.3 is 0 Å². The van der Waals surface area contributed by atoms with Crippen LogP contribution in [0.1, 0.15) is 39.5 Å². The molecule has 2 heteroatoms. The van der Waals surface area contributed by atoms with Gasteiger partial charge in [-0.2, -0.15) is 0 Å². The van der Waals surface area contributed by atoms with E-state index in [0.717, 1.165) is 11.8 Å². The standard InChI is InChI=1S/C9H18BP/c1-7(2)8-3-5-9(10,11)6-4-8/h7-8H,3-6,11H2,1-2H3. The van der Waals surface area contributed by atoms with Crippen molar-refractivity contribution in [1.29, 1.82) is 0 Å². The first-order chi connectivity index (χ1) is 5.01. The molecule has 0 spiro atoms. The quantitative estimate of drug-likeness (QED) is 0.417. The second kappa shape index (κ2) is 3.48. The molecule has 1 saturated carbocycles. The molecule has 0 aromatic rings. The van der Waals surface area contributed by atoms with Gasteiger partial charge in [-0.25, -0.2) is 0 Å². The minimum absolute atomic E-state index is 0.0609. The third-order valence-corrected chi connectivity index (χ3v) is 3.48. The first kappa shape index (κ1) is 9.58. The molecule has 0 heterocycles. The van der Waals surface area contributed by atoms with Gasteiger partial charge in [-0.1, -0.05) is 44.6 Å². The molecule has 0 aromatic heterocycles. The van der Waals surface area contributed by atoms with Gasteiger partial charge in [0.25, 0.3) is 0 Å². The van der Waals surface area contributed by atoms with E-state index in [2.05, 4.69) is 23.1 Å². The van der Waals surface area contributed by atoms with Crippen LogP contribution >= 0.6 is 9.24 Å². The molecule has 0 aliphatic heterocycles. The van der Waals surface area contributed by atoms with Crippen molar-refractivity contribution in [3.8, 4) is 0 Å². The first-order valence-corrected chi connectivity index (χ1v) is 5.17. The lowest BCUT2D eigenvalue weighted by Crippen LogP contribution is -2.29. The van der Waals surface area contributed by atoms with Crippen LogP contribution in [0.4, 0.5) is 0 Å². The minimum atomic E-state index is 0.0609. The van der Waals surface area contributed by atoms with Crippen molar-refractivity contribution in [1.82, 2.24) is 0 Å². The van der Waals surface area contributed by atoms with Crippen molar-refractivity contribution in [2.75, 3.05) is 0 Å². The van der Waals surface area contributed by atoms with Crippen LogP contribution in [0.2, 0.25) is 0 Å². The third kappa shape index (κ3) is 2.78. The topological polar surface area (TPSA) is 0 Å². The fourth-order valence-electron chi connectivity index (χ4n) is 1.84. The van der Waals surface area contributed by atoms with E-state index in [4.69, 9.17) is 7.85 Å². The van der Waals surface area contributed by atoms with Gasteiger partial charge in [0.1, 0.15) is 0 Å². The van der Waals surface area contributed by atoms with Crippen LogP contribution in [0.15, 0.2) is 0 Å². The SMILES string of the molecule is [B]C1(P)CCC(C(C)C)CC1. The largest absolute Gasteiger partial charge is 0.140 e. The molecule has 0 aromatic carbocycles. The molecular weight excluding hydrogens is 150 g/mol. The van der Waals surface area contributed by atoms with E-state index in [-0.39, 0.29) is 5.06 Å². The van der Waals surface area contributed by atoms with Crippen LogP contribution in [0.5, 0.6) is 0 Å². The van der Waals surface area contributed by atoms with Crippen molar-refractivity contribution < 1.29 is 0 Å². The zero-order valence-electron chi connectivity index (χ0n) is 7.64. The third-order valence-electron chi connectivity index (χ3n) is 2.90. The summed E-state index contributed by atoms with van der Waals surface area (Å²) in [6, 6.07) is 0. The maximum Gasteiger partial charge on any atom is 0.0803 e. The molecular formula is C9H18BP. The Hall–Kier alpha value is 0.495. The van der Waals surface area contributed by atoms with E-state index < -0.39 is 0 Å². The Morgan fingerprint density at radius 3 is 2.18 bits per heavy atom. The molecule has 1 aliphatic rings. The van der Waals surface area contributed by atoms with Crippen molar-refractivity contribution in [2.24, 2.45) is 11.8 Å². The Kier molecular flexibility index (Phi) is 3.03. The molecule has 62 valence electrons. The Balaban J connectivity index is 2.36. The smallest absolute Gasteiger partial charge is 0.0803 e. The molecule has 0 saturated heterocycles. The molecule has 0 nitrogen and oxygen atoms in total. The van der Waals surface area contributed by atoms with E-state index >= 15 is 0 Å². The maximum absolute atomic E-state index is 6.00. The average molecular weight is 168 g/mol. The number of hydrogen-bond acceptors (Lipinski definition) is 0. The molecule has 0 amide bonds. The van der Waals surface area contributed by atoms with Gasteiger partial charge in [0.2, 0.25) is 0 Å². The highest BCUT2D eigenvalue weighted by molar-refractivity contribution is 7.22. The summed E-state index contributed by atoms with van der Waals surface area (Å²) in [5, 5.41) is 0.0609. The van der Waals surface area contributed by atoms with Crippen LogP contribution in [0.25, 0.3) is 0 Å². The van der Waals surface area contributed by atoms with Gasteiger partial charge in [-0.3, -0.25) is 0 Å². The lowest BCUT2D eigenvalue weighted by Gasteiger charge is -2.36. The molecule has 0 N–H and O–H groups in total. The highest BCUT2D eigenvalue weighted by Crippen LogP contribution is 2.38. The van der Waals surface area contributed by atoms with E-state index in [1.54, 1.807) is 0 Å². The predicted octanol–water partition coefficient (Wildman–Crippen LogP) is 2.57. The summed E-state index contributed by atoms with van der Waals surface area (Å²) < 4.78 is 0. The summed E-state index contributed by atoms with van der Waals surface area (Å²) in [5.41, 5.74) is 0. The normalized spacial score (nSPS) is 39.5. The zero-order chi connectivity index (χ0) is 8.48. The molecule has 0 bridgehead atoms. The molecule has 1 unspecified atom stereocenters. The Bertz CT molecular complexity index is 122. The second-order valence-electron chi connectivity index (χ2n) is 4.31. The van der Waals surface area contributed by atoms with Gasteiger partial charge >= 0.3 is 0 Å². The Morgan fingerprint density at radius 2 is 1.82 bits per heavy atom. The lowest BCUT2D eigenvalue weighted by molar-refractivity contribution is 0.272. The van der Waals surface area contributed by atoms with Gasteiger partial charge in [-0.05, 0) is 11.8 Å². The van der Waals surface area contributed by atoms with Crippen LogP contribution < -0.4 is 0 Å². The van der Waals surface area contributed by atoms with E-state index in [1.807, 2.05) is 0 Å². The van der Waals surface area contributed by atoms with E-state index in [9.17, 15) is 0 Å². The van der Waals surface area contributed by atoms with Gasteiger partial charge in [0.15, 0.2) is 0 Å². The van der Waals surface area contributed by atoms with Crippen LogP contribution in [-0.4, -0.2) is 12.9 Å². The molecule has 1 fully saturated rings. The first-order valence-electron chi connectivity index (χ1n) is 4.59. The molecule has 2 radical (unpaired) electrons. The number of rotatable bonds is 1. The summed E-state index contributed by atoms with van der Waals surface area (Å²) >= 11 is 0. The van der Waals surface area contributed by atoms with E-state index in [1.165, 1.54) is 25.7 Å². The highest BCUT2D eigenvalue weighted by Gasteiger charge is 2.27. The zero-order valence-corrected chi connectivity index (χ0v) is 8.79. The predicted molar refractivity (Wildman–Crippen MR) is 55.0 cm³/mol. The Morgan fingerprint density at radius 1 is 1.36 bits per heavy atom. The molecule has 1 rings (SSSR count).